The Morgan fingerprint density at radius 2 is 1.67 bits per heavy atom. The molecule has 0 saturated heterocycles. The predicted octanol–water partition coefficient (Wildman–Crippen LogP) is 3.89. The summed E-state index contributed by atoms with van der Waals surface area (Å²) in [6.45, 7) is 8.76. The molecule has 0 amide bonds. The molecule has 1 N–H and O–H groups in total. The quantitative estimate of drug-likeness (QED) is 0.802. The van der Waals surface area contributed by atoms with Gasteiger partial charge in [-0.15, -0.1) is 0 Å². The maximum Gasteiger partial charge on any atom is 0.0806 e. The van der Waals surface area contributed by atoms with Crippen LogP contribution < -0.4 is 5.32 Å². The van der Waals surface area contributed by atoms with Crippen LogP contribution in [-0.4, -0.2) is 24.3 Å². The first-order valence-corrected chi connectivity index (χ1v) is 7.88. The van der Waals surface area contributed by atoms with Crippen LogP contribution >= 0.6 is 0 Å². The van der Waals surface area contributed by atoms with Gasteiger partial charge in [0.2, 0.25) is 0 Å². The van der Waals surface area contributed by atoms with Gasteiger partial charge >= 0.3 is 0 Å². The van der Waals surface area contributed by atoms with Crippen molar-refractivity contribution >= 4 is 0 Å². The molecule has 2 nitrogen and oxygen atoms in total. The molecule has 0 aromatic heterocycles. The van der Waals surface area contributed by atoms with Crippen molar-refractivity contribution in [3.05, 3.63) is 0 Å². The molecule has 106 valence electrons. The van der Waals surface area contributed by atoms with E-state index in [9.17, 15) is 0 Å². The minimum atomic E-state index is 0.149. The summed E-state index contributed by atoms with van der Waals surface area (Å²) in [6.07, 6.45) is 10.8. The molecule has 0 aromatic carbocycles. The molecule has 18 heavy (non-hydrogen) atoms. The summed E-state index contributed by atoms with van der Waals surface area (Å²) in [5, 5.41) is 3.66. The number of hydrogen-bond acceptors (Lipinski definition) is 2. The molecule has 2 fully saturated rings. The highest BCUT2D eigenvalue weighted by Gasteiger charge is 2.36. The molecule has 2 rings (SSSR count). The minimum absolute atomic E-state index is 0.149. The van der Waals surface area contributed by atoms with E-state index >= 15 is 0 Å². The van der Waals surface area contributed by atoms with Crippen LogP contribution in [-0.2, 0) is 4.74 Å². The second-order valence-corrected chi connectivity index (χ2v) is 7.46. The molecule has 2 aliphatic carbocycles. The Hall–Kier alpha value is -0.0800. The molecular formula is C16H31NO. The van der Waals surface area contributed by atoms with Crippen molar-refractivity contribution in [2.24, 2.45) is 5.92 Å². The maximum atomic E-state index is 6.41. The van der Waals surface area contributed by atoms with Gasteiger partial charge in [0.05, 0.1) is 12.2 Å². The second kappa shape index (κ2) is 5.92. The largest absolute Gasteiger partial charge is 0.373 e. The first kappa shape index (κ1) is 14.3. The van der Waals surface area contributed by atoms with Crippen LogP contribution in [0.15, 0.2) is 0 Å². The van der Waals surface area contributed by atoms with Crippen molar-refractivity contribution in [2.75, 3.05) is 13.2 Å². The van der Waals surface area contributed by atoms with Crippen molar-refractivity contribution in [3.8, 4) is 0 Å². The van der Waals surface area contributed by atoms with Gasteiger partial charge in [-0.05, 0) is 52.4 Å². The maximum absolute atomic E-state index is 6.41. The zero-order valence-corrected chi connectivity index (χ0v) is 12.6. The fourth-order valence-electron chi connectivity index (χ4n) is 3.29. The van der Waals surface area contributed by atoms with Crippen molar-refractivity contribution in [3.63, 3.8) is 0 Å². The van der Waals surface area contributed by atoms with Gasteiger partial charge < -0.3 is 10.1 Å². The van der Waals surface area contributed by atoms with E-state index in [0.29, 0.717) is 0 Å². The van der Waals surface area contributed by atoms with Gasteiger partial charge in [-0.1, -0.05) is 25.7 Å². The normalized spacial score (nSPS) is 24.8. The zero-order chi connectivity index (χ0) is 13.1. The molecule has 0 radical (unpaired) electrons. The van der Waals surface area contributed by atoms with Gasteiger partial charge in [-0.25, -0.2) is 0 Å². The summed E-state index contributed by atoms with van der Waals surface area (Å²) in [6, 6.07) is 0. The van der Waals surface area contributed by atoms with Gasteiger partial charge in [0.1, 0.15) is 0 Å². The molecule has 0 bridgehead atoms. The lowest BCUT2D eigenvalue weighted by molar-refractivity contribution is -0.0571. The highest BCUT2D eigenvalue weighted by molar-refractivity contribution is 4.91. The molecule has 2 aliphatic rings. The lowest BCUT2D eigenvalue weighted by Crippen LogP contribution is -2.48. The van der Waals surface area contributed by atoms with Crippen LogP contribution in [0.1, 0.15) is 72.1 Å². The highest BCUT2D eigenvalue weighted by atomic mass is 16.5. The fraction of sp³-hybridized carbons (Fsp3) is 1.00. The summed E-state index contributed by atoms with van der Waals surface area (Å²) in [5.41, 5.74) is 0.349. The Kier molecular flexibility index (Phi) is 4.71. The third kappa shape index (κ3) is 4.24. The molecule has 0 aromatic rings. The van der Waals surface area contributed by atoms with Crippen molar-refractivity contribution in [1.29, 1.82) is 0 Å². The highest BCUT2D eigenvalue weighted by Crippen LogP contribution is 2.35. The van der Waals surface area contributed by atoms with E-state index in [2.05, 4.69) is 26.1 Å². The number of ether oxygens (including phenoxy) is 1. The van der Waals surface area contributed by atoms with Gasteiger partial charge in [0.15, 0.2) is 0 Å². The van der Waals surface area contributed by atoms with Gasteiger partial charge in [-0.2, -0.15) is 0 Å². The Morgan fingerprint density at radius 3 is 2.22 bits per heavy atom. The van der Waals surface area contributed by atoms with Crippen molar-refractivity contribution in [2.45, 2.75) is 83.3 Å². The number of nitrogens with one attached hydrogen (secondary N) is 1. The lowest BCUT2D eigenvalue weighted by atomic mass is 9.99. The average molecular weight is 253 g/mol. The lowest BCUT2D eigenvalue weighted by Gasteiger charge is -2.34. The summed E-state index contributed by atoms with van der Waals surface area (Å²) in [4.78, 5) is 0. The molecule has 0 spiro atoms. The topological polar surface area (TPSA) is 21.3 Å². The average Bonchev–Trinajstić information content (AvgIpc) is 2.96. The second-order valence-electron chi connectivity index (χ2n) is 7.46. The summed E-state index contributed by atoms with van der Waals surface area (Å²) in [7, 11) is 0. The van der Waals surface area contributed by atoms with E-state index in [1.807, 2.05) is 0 Å². The number of hydrogen-bond donors (Lipinski definition) is 1. The zero-order valence-electron chi connectivity index (χ0n) is 12.6. The van der Waals surface area contributed by atoms with Crippen LogP contribution in [0.25, 0.3) is 0 Å². The fourth-order valence-corrected chi connectivity index (χ4v) is 3.29. The Balaban J connectivity index is 1.81. The van der Waals surface area contributed by atoms with Crippen molar-refractivity contribution in [1.82, 2.24) is 5.32 Å². The Labute approximate surface area is 113 Å². The predicted molar refractivity (Wildman–Crippen MR) is 76.9 cm³/mol. The van der Waals surface area contributed by atoms with Gasteiger partial charge in [0, 0.05) is 12.1 Å². The van der Waals surface area contributed by atoms with Crippen molar-refractivity contribution < 1.29 is 4.74 Å². The standard InChI is InChI=1S/C16H31NO/c1-15(2,3)17-13-16(10-6-7-11-16)18-12-14-8-4-5-9-14/h14,17H,4-13H2,1-3H3. The van der Waals surface area contributed by atoms with Crippen LogP contribution in [0.3, 0.4) is 0 Å². The van der Waals surface area contributed by atoms with Crippen LogP contribution in [0, 0.1) is 5.92 Å². The van der Waals surface area contributed by atoms with E-state index in [4.69, 9.17) is 4.74 Å². The van der Waals surface area contributed by atoms with Gasteiger partial charge in [0.25, 0.3) is 0 Å². The summed E-state index contributed by atoms with van der Waals surface area (Å²) >= 11 is 0. The SMILES string of the molecule is CC(C)(C)NCC1(OCC2CCCC2)CCCC1. The molecular weight excluding hydrogens is 222 g/mol. The first-order valence-electron chi connectivity index (χ1n) is 7.88. The third-order valence-electron chi connectivity index (χ3n) is 4.56. The van der Waals surface area contributed by atoms with E-state index in [0.717, 1.165) is 19.1 Å². The molecule has 0 heterocycles. The molecule has 2 heteroatoms. The summed E-state index contributed by atoms with van der Waals surface area (Å²) in [5.74, 6) is 0.845. The molecule has 0 unspecified atom stereocenters. The van der Waals surface area contributed by atoms with Crippen LogP contribution in [0.2, 0.25) is 0 Å². The molecule has 0 aliphatic heterocycles. The van der Waals surface area contributed by atoms with Crippen LogP contribution in [0.4, 0.5) is 0 Å². The smallest absolute Gasteiger partial charge is 0.0806 e. The minimum Gasteiger partial charge on any atom is -0.373 e. The molecule has 0 atom stereocenters. The Bertz CT molecular complexity index is 244. The molecule has 2 saturated carbocycles. The van der Waals surface area contributed by atoms with E-state index < -0.39 is 0 Å². The first-order chi connectivity index (χ1) is 8.49. The summed E-state index contributed by atoms with van der Waals surface area (Å²) < 4.78 is 6.41. The third-order valence-corrected chi connectivity index (χ3v) is 4.56. The van der Waals surface area contributed by atoms with E-state index in [-0.39, 0.29) is 11.1 Å². The van der Waals surface area contributed by atoms with Crippen LogP contribution in [0.5, 0.6) is 0 Å². The van der Waals surface area contributed by atoms with Gasteiger partial charge in [-0.3, -0.25) is 0 Å². The Morgan fingerprint density at radius 1 is 1.06 bits per heavy atom. The van der Waals surface area contributed by atoms with E-state index in [1.54, 1.807) is 0 Å². The monoisotopic (exact) mass is 253 g/mol. The van der Waals surface area contributed by atoms with E-state index in [1.165, 1.54) is 51.4 Å². The number of rotatable bonds is 5.